The van der Waals surface area contributed by atoms with Gasteiger partial charge >= 0.3 is 0 Å². The fourth-order valence-electron chi connectivity index (χ4n) is 1.90. The van der Waals surface area contributed by atoms with Crippen molar-refractivity contribution in [1.29, 1.82) is 0 Å². The Kier molecular flexibility index (Phi) is 5.68. The van der Waals surface area contributed by atoms with E-state index < -0.39 is 0 Å². The van der Waals surface area contributed by atoms with E-state index in [1.54, 1.807) is 16.9 Å². The summed E-state index contributed by atoms with van der Waals surface area (Å²) in [6.45, 7) is 7.33. The molecule has 1 aromatic heterocycles. The van der Waals surface area contributed by atoms with Crippen molar-refractivity contribution in [2.24, 2.45) is 0 Å². The van der Waals surface area contributed by atoms with E-state index in [1.165, 1.54) is 0 Å². The van der Waals surface area contributed by atoms with Crippen molar-refractivity contribution in [3.05, 3.63) is 12.3 Å². The number of unbranched alkanes of at least 4 members (excludes halogenated alkanes) is 2. The minimum atomic E-state index is 0.101. The van der Waals surface area contributed by atoms with E-state index in [9.17, 15) is 4.79 Å². The molecule has 0 unspecified atom stereocenters. The molecule has 102 valence electrons. The molecule has 0 spiro atoms. The zero-order valence-electron chi connectivity index (χ0n) is 11.6. The number of hydrogen-bond donors (Lipinski definition) is 1. The van der Waals surface area contributed by atoms with Crippen molar-refractivity contribution in [2.75, 3.05) is 12.3 Å². The summed E-state index contributed by atoms with van der Waals surface area (Å²) in [6.07, 6.45) is 5.11. The van der Waals surface area contributed by atoms with Gasteiger partial charge in [-0.3, -0.25) is 9.48 Å². The van der Waals surface area contributed by atoms with Crippen LogP contribution >= 0.6 is 0 Å². The fraction of sp³-hybridized carbons (Fsp3) is 0.692. The Balaban J connectivity index is 2.54. The Hall–Kier alpha value is -1.52. The van der Waals surface area contributed by atoms with Crippen LogP contribution in [0.15, 0.2) is 12.3 Å². The molecule has 5 heteroatoms. The summed E-state index contributed by atoms with van der Waals surface area (Å²) in [4.78, 5) is 14.1. The SMILES string of the molecule is CCCCCN(C(=O)Cn1ccc(N)n1)C(C)C. The van der Waals surface area contributed by atoms with Crippen molar-refractivity contribution < 1.29 is 4.79 Å². The summed E-state index contributed by atoms with van der Waals surface area (Å²) in [5.74, 6) is 0.550. The molecule has 1 aromatic rings. The van der Waals surface area contributed by atoms with E-state index in [0.29, 0.717) is 5.82 Å². The second-order valence-electron chi connectivity index (χ2n) is 4.83. The number of hydrogen-bond acceptors (Lipinski definition) is 3. The van der Waals surface area contributed by atoms with Gasteiger partial charge in [-0.2, -0.15) is 5.10 Å². The van der Waals surface area contributed by atoms with Crippen LogP contribution in [0, 0.1) is 0 Å². The lowest BCUT2D eigenvalue weighted by molar-refractivity contribution is -0.133. The Morgan fingerprint density at radius 2 is 2.22 bits per heavy atom. The monoisotopic (exact) mass is 252 g/mol. The lowest BCUT2D eigenvalue weighted by Crippen LogP contribution is -2.39. The van der Waals surface area contributed by atoms with Crippen LogP contribution in [0.1, 0.15) is 40.0 Å². The molecule has 0 aliphatic rings. The quantitative estimate of drug-likeness (QED) is 0.754. The van der Waals surface area contributed by atoms with Crippen molar-refractivity contribution in [1.82, 2.24) is 14.7 Å². The molecule has 0 atom stereocenters. The first-order chi connectivity index (χ1) is 8.54. The third-order valence-electron chi connectivity index (χ3n) is 2.90. The van der Waals surface area contributed by atoms with E-state index in [2.05, 4.69) is 12.0 Å². The van der Waals surface area contributed by atoms with Gasteiger partial charge in [0.15, 0.2) is 0 Å². The number of aromatic nitrogens is 2. The Morgan fingerprint density at radius 3 is 2.72 bits per heavy atom. The molecule has 0 bridgehead atoms. The number of rotatable bonds is 7. The molecule has 0 fully saturated rings. The first-order valence-corrected chi connectivity index (χ1v) is 6.63. The Labute approximate surface area is 109 Å². The minimum Gasteiger partial charge on any atom is -0.382 e. The van der Waals surface area contributed by atoms with Crippen LogP contribution in [0.3, 0.4) is 0 Å². The maximum atomic E-state index is 12.2. The van der Waals surface area contributed by atoms with Gasteiger partial charge in [0, 0.05) is 18.8 Å². The van der Waals surface area contributed by atoms with Gasteiger partial charge in [0.05, 0.1) is 0 Å². The molecule has 0 saturated heterocycles. The minimum absolute atomic E-state index is 0.101. The van der Waals surface area contributed by atoms with Gasteiger partial charge in [-0.1, -0.05) is 19.8 Å². The van der Waals surface area contributed by atoms with Crippen molar-refractivity contribution in [3.8, 4) is 0 Å². The molecule has 5 nitrogen and oxygen atoms in total. The average Bonchev–Trinajstić information content (AvgIpc) is 2.69. The molecular formula is C13H24N4O. The number of nitrogens with two attached hydrogens (primary N) is 1. The summed E-state index contributed by atoms with van der Waals surface area (Å²) in [7, 11) is 0. The first kappa shape index (κ1) is 14.5. The highest BCUT2D eigenvalue weighted by Gasteiger charge is 2.16. The largest absolute Gasteiger partial charge is 0.382 e. The summed E-state index contributed by atoms with van der Waals surface area (Å²) in [6, 6.07) is 1.92. The number of carbonyl (C=O) groups excluding carboxylic acids is 1. The van der Waals surface area contributed by atoms with Crippen LogP contribution < -0.4 is 5.73 Å². The molecule has 0 radical (unpaired) electrons. The highest BCUT2D eigenvalue weighted by molar-refractivity contribution is 5.76. The van der Waals surface area contributed by atoms with Gasteiger partial charge in [0.1, 0.15) is 12.4 Å². The second-order valence-corrected chi connectivity index (χ2v) is 4.83. The number of carbonyl (C=O) groups is 1. The molecule has 0 aliphatic heterocycles. The molecule has 1 heterocycles. The number of amides is 1. The molecule has 1 amide bonds. The maximum Gasteiger partial charge on any atom is 0.244 e. The Bertz CT molecular complexity index is 373. The van der Waals surface area contributed by atoms with Crippen LogP contribution in [0.2, 0.25) is 0 Å². The van der Waals surface area contributed by atoms with Crippen LogP contribution in [-0.2, 0) is 11.3 Å². The Morgan fingerprint density at radius 1 is 1.50 bits per heavy atom. The predicted molar refractivity (Wildman–Crippen MR) is 73.0 cm³/mol. The van der Waals surface area contributed by atoms with Crippen LogP contribution in [0.5, 0.6) is 0 Å². The van der Waals surface area contributed by atoms with Gasteiger partial charge < -0.3 is 10.6 Å². The van der Waals surface area contributed by atoms with Gasteiger partial charge in [-0.05, 0) is 26.3 Å². The summed E-state index contributed by atoms with van der Waals surface area (Å²) in [5.41, 5.74) is 5.53. The summed E-state index contributed by atoms with van der Waals surface area (Å²) in [5, 5.41) is 4.04. The zero-order valence-corrected chi connectivity index (χ0v) is 11.6. The summed E-state index contributed by atoms with van der Waals surface area (Å²) >= 11 is 0. The standard InChI is InChI=1S/C13H24N4O/c1-4-5-6-8-17(11(2)3)13(18)10-16-9-7-12(14)15-16/h7,9,11H,4-6,8,10H2,1-3H3,(H2,14,15). The van der Waals surface area contributed by atoms with Gasteiger partial charge in [0.2, 0.25) is 5.91 Å². The van der Waals surface area contributed by atoms with Crippen molar-refractivity contribution >= 4 is 11.7 Å². The molecule has 1 rings (SSSR count). The molecule has 0 aromatic carbocycles. The summed E-state index contributed by atoms with van der Waals surface area (Å²) < 4.78 is 1.59. The lowest BCUT2D eigenvalue weighted by atomic mass is 10.2. The van der Waals surface area contributed by atoms with E-state index in [-0.39, 0.29) is 18.5 Å². The lowest BCUT2D eigenvalue weighted by Gasteiger charge is -2.26. The van der Waals surface area contributed by atoms with Crippen LogP contribution in [0.4, 0.5) is 5.82 Å². The van der Waals surface area contributed by atoms with E-state index >= 15 is 0 Å². The number of nitrogen functional groups attached to an aromatic ring is 1. The van der Waals surface area contributed by atoms with Crippen molar-refractivity contribution in [3.63, 3.8) is 0 Å². The molecular weight excluding hydrogens is 228 g/mol. The maximum absolute atomic E-state index is 12.2. The van der Waals surface area contributed by atoms with E-state index in [1.807, 2.05) is 18.7 Å². The zero-order chi connectivity index (χ0) is 13.5. The smallest absolute Gasteiger partial charge is 0.244 e. The van der Waals surface area contributed by atoms with Crippen molar-refractivity contribution in [2.45, 2.75) is 52.6 Å². The first-order valence-electron chi connectivity index (χ1n) is 6.63. The van der Waals surface area contributed by atoms with Gasteiger partial charge in [-0.25, -0.2) is 0 Å². The van der Waals surface area contributed by atoms with E-state index in [0.717, 1.165) is 25.8 Å². The predicted octanol–water partition coefficient (Wildman–Crippen LogP) is 1.89. The number of nitrogens with zero attached hydrogens (tertiary/aromatic N) is 3. The molecule has 0 saturated carbocycles. The van der Waals surface area contributed by atoms with Crippen LogP contribution in [0.25, 0.3) is 0 Å². The molecule has 0 aliphatic carbocycles. The van der Waals surface area contributed by atoms with Gasteiger partial charge in [0.25, 0.3) is 0 Å². The highest BCUT2D eigenvalue weighted by atomic mass is 16.2. The normalized spacial score (nSPS) is 10.9. The molecule has 2 N–H and O–H groups in total. The third kappa shape index (κ3) is 4.39. The number of anilines is 1. The van der Waals surface area contributed by atoms with Gasteiger partial charge in [-0.15, -0.1) is 0 Å². The fourth-order valence-corrected chi connectivity index (χ4v) is 1.90. The van der Waals surface area contributed by atoms with E-state index in [4.69, 9.17) is 5.73 Å². The van der Waals surface area contributed by atoms with Crippen LogP contribution in [-0.4, -0.2) is 33.2 Å². The highest BCUT2D eigenvalue weighted by Crippen LogP contribution is 2.06. The third-order valence-corrected chi connectivity index (χ3v) is 2.90. The average molecular weight is 252 g/mol. The molecule has 18 heavy (non-hydrogen) atoms. The second kappa shape index (κ2) is 7.03. The topological polar surface area (TPSA) is 64.2 Å².